The van der Waals surface area contributed by atoms with E-state index in [0.717, 1.165) is 25.7 Å². The van der Waals surface area contributed by atoms with Crippen molar-refractivity contribution in [3.8, 4) is 5.82 Å². The fourth-order valence-electron chi connectivity index (χ4n) is 5.94. The molecule has 0 radical (unpaired) electrons. The molecule has 3 fully saturated rings. The minimum atomic E-state index is -2.99. The summed E-state index contributed by atoms with van der Waals surface area (Å²) in [6.07, 6.45) is 0.261. The van der Waals surface area contributed by atoms with Crippen LogP contribution in [0, 0.1) is 0 Å². The van der Waals surface area contributed by atoms with Crippen LogP contribution in [-0.2, 0) is 19.4 Å². The van der Waals surface area contributed by atoms with Crippen LogP contribution in [0.4, 0.5) is 20.5 Å². The Balaban J connectivity index is 1.15. The molecule has 0 atom stereocenters. The van der Waals surface area contributed by atoms with Gasteiger partial charge in [0.25, 0.3) is 6.43 Å². The van der Waals surface area contributed by atoms with Crippen molar-refractivity contribution in [2.45, 2.75) is 44.2 Å². The first-order valence-electron chi connectivity index (χ1n) is 14.7. The Bertz CT molecular complexity index is 1540. The average molecular weight is 619 g/mol. The highest BCUT2D eigenvalue weighted by atomic mass is 32.2. The van der Waals surface area contributed by atoms with Crippen LogP contribution in [-0.4, -0.2) is 108 Å². The SMILES string of the molecule is O=C(CN1CCS(=O)(=O)CC1)N[C@H]1CC[C@H](Nc2nc(N3CCOCC3)cc(-n3c(C(F)F)nc4ccccc43)n2)CC1. The molecule has 1 aromatic carbocycles. The van der Waals surface area contributed by atoms with E-state index in [9.17, 15) is 22.0 Å². The summed E-state index contributed by atoms with van der Waals surface area (Å²) < 4.78 is 58.5. The zero-order valence-corrected chi connectivity index (χ0v) is 24.6. The molecule has 1 amide bonds. The molecule has 43 heavy (non-hydrogen) atoms. The summed E-state index contributed by atoms with van der Waals surface area (Å²) in [4.78, 5) is 30.2. The largest absolute Gasteiger partial charge is 0.378 e. The number of aromatic nitrogens is 4. The third kappa shape index (κ3) is 7.04. The van der Waals surface area contributed by atoms with Gasteiger partial charge in [-0.05, 0) is 37.8 Å². The molecule has 232 valence electrons. The summed E-state index contributed by atoms with van der Waals surface area (Å²) >= 11 is 0. The molecular formula is C28H36F2N8O4S. The van der Waals surface area contributed by atoms with Gasteiger partial charge in [-0.3, -0.25) is 14.3 Å². The number of carbonyl (C=O) groups excluding carboxylic acids is 1. The summed E-state index contributed by atoms with van der Waals surface area (Å²) in [5.41, 5.74) is 1.00. The lowest BCUT2D eigenvalue weighted by atomic mass is 9.91. The fraction of sp³-hybridized carbons (Fsp3) is 0.571. The number of anilines is 2. The number of carbonyl (C=O) groups is 1. The number of alkyl halides is 2. The first-order valence-corrected chi connectivity index (χ1v) is 16.5. The monoisotopic (exact) mass is 618 g/mol. The van der Waals surface area contributed by atoms with Gasteiger partial charge >= 0.3 is 0 Å². The average Bonchev–Trinajstić information content (AvgIpc) is 3.40. The number of hydrogen-bond donors (Lipinski definition) is 2. The molecule has 2 aliphatic heterocycles. The number of para-hydroxylation sites is 2. The molecule has 6 rings (SSSR count). The van der Waals surface area contributed by atoms with Gasteiger partial charge in [0, 0.05) is 44.3 Å². The molecular weight excluding hydrogens is 582 g/mol. The van der Waals surface area contributed by atoms with E-state index >= 15 is 0 Å². The molecule has 1 saturated carbocycles. The van der Waals surface area contributed by atoms with E-state index in [1.54, 1.807) is 30.3 Å². The van der Waals surface area contributed by atoms with Crippen LogP contribution in [0.5, 0.6) is 0 Å². The van der Waals surface area contributed by atoms with Crippen molar-refractivity contribution >= 4 is 38.5 Å². The second-order valence-electron chi connectivity index (χ2n) is 11.3. The van der Waals surface area contributed by atoms with E-state index < -0.39 is 16.3 Å². The number of amides is 1. The molecule has 0 spiro atoms. The predicted octanol–water partition coefficient (Wildman–Crippen LogP) is 2.16. The maximum Gasteiger partial charge on any atom is 0.296 e. The number of sulfone groups is 1. The number of imidazole rings is 1. The lowest BCUT2D eigenvalue weighted by Crippen LogP contribution is -2.48. The maximum atomic E-state index is 14.1. The number of ether oxygens (including phenoxy) is 1. The first-order chi connectivity index (χ1) is 20.7. The molecule has 4 heterocycles. The third-order valence-electron chi connectivity index (χ3n) is 8.27. The van der Waals surface area contributed by atoms with Crippen molar-refractivity contribution in [1.29, 1.82) is 0 Å². The van der Waals surface area contributed by atoms with Crippen molar-refractivity contribution in [1.82, 2.24) is 29.7 Å². The molecule has 15 heteroatoms. The van der Waals surface area contributed by atoms with Gasteiger partial charge in [-0.25, -0.2) is 22.2 Å². The molecule has 2 aromatic heterocycles. The van der Waals surface area contributed by atoms with Gasteiger partial charge in [0.15, 0.2) is 15.7 Å². The summed E-state index contributed by atoms with van der Waals surface area (Å²) in [5, 5.41) is 6.52. The Hall–Kier alpha value is -3.43. The third-order valence-corrected chi connectivity index (χ3v) is 9.88. The smallest absolute Gasteiger partial charge is 0.296 e. The number of benzene rings is 1. The Kier molecular flexibility index (Phi) is 8.73. The Morgan fingerprint density at radius 1 is 0.953 bits per heavy atom. The summed E-state index contributed by atoms with van der Waals surface area (Å²) in [7, 11) is -2.99. The number of nitrogens with zero attached hydrogens (tertiary/aromatic N) is 6. The molecule has 0 bridgehead atoms. The zero-order chi connectivity index (χ0) is 30.0. The Labute approximate surface area is 248 Å². The number of halogens is 2. The molecule has 3 aromatic rings. The molecule has 3 aliphatic rings. The number of nitrogens with one attached hydrogen (secondary N) is 2. The van der Waals surface area contributed by atoms with Crippen molar-refractivity contribution in [2.75, 3.05) is 67.7 Å². The molecule has 0 unspecified atom stereocenters. The quantitative estimate of drug-likeness (QED) is 0.387. The highest BCUT2D eigenvalue weighted by Crippen LogP contribution is 2.30. The second kappa shape index (κ2) is 12.7. The van der Waals surface area contributed by atoms with E-state index in [1.165, 1.54) is 4.57 Å². The number of fused-ring (bicyclic) bond motifs is 1. The predicted molar refractivity (Wildman–Crippen MR) is 158 cm³/mol. The fourth-order valence-corrected chi connectivity index (χ4v) is 7.21. The molecule has 1 aliphatic carbocycles. The van der Waals surface area contributed by atoms with Crippen molar-refractivity contribution in [3.63, 3.8) is 0 Å². The van der Waals surface area contributed by atoms with Crippen LogP contribution in [0.1, 0.15) is 37.9 Å². The number of rotatable bonds is 8. The van der Waals surface area contributed by atoms with Crippen LogP contribution in [0.3, 0.4) is 0 Å². The Morgan fingerprint density at radius 3 is 2.35 bits per heavy atom. The van der Waals surface area contributed by atoms with E-state index in [2.05, 4.69) is 20.5 Å². The van der Waals surface area contributed by atoms with Gasteiger partial charge in [0.2, 0.25) is 11.9 Å². The highest BCUT2D eigenvalue weighted by molar-refractivity contribution is 7.91. The number of hydrogen-bond acceptors (Lipinski definition) is 10. The molecule has 12 nitrogen and oxygen atoms in total. The van der Waals surface area contributed by atoms with Gasteiger partial charge in [0.05, 0.1) is 42.3 Å². The van der Waals surface area contributed by atoms with Crippen molar-refractivity contribution in [3.05, 3.63) is 36.2 Å². The van der Waals surface area contributed by atoms with E-state index in [-0.39, 0.29) is 41.9 Å². The zero-order valence-electron chi connectivity index (χ0n) is 23.8. The van der Waals surface area contributed by atoms with Gasteiger partial charge in [-0.1, -0.05) is 12.1 Å². The summed E-state index contributed by atoms with van der Waals surface area (Å²) in [6.45, 7) is 3.30. The second-order valence-corrected chi connectivity index (χ2v) is 13.6. The lowest BCUT2D eigenvalue weighted by molar-refractivity contribution is -0.123. The van der Waals surface area contributed by atoms with Crippen LogP contribution < -0.4 is 15.5 Å². The van der Waals surface area contributed by atoms with Gasteiger partial charge in [-0.15, -0.1) is 0 Å². The van der Waals surface area contributed by atoms with Gasteiger partial charge in [0.1, 0.15) is 11.6 Å². The standard InChI is InChI=1S/C28H36F2N8O4S/c29-26(30)27-33-21-3-1-2-4-22(21)38(27)24-17-23(37-9-13-42-14-10-37)34-28(35-24)32-20-7-5-19(6-8-20)31-25(39)18-36-11-15-43(40,41)16-12-36/h1-4,17,19-20,26H,5-16,18H2,(H,31,39)(H,32,34,35)/t19-,20-. The van der Waals surface area contributed by atoms with E-state index in [4.69, 9.17) is 14.7 Å². The van der Waals surface area contributed by atoms with Crippen LogP contribution in [0.2, 0.25) is 0 Å². The first kappa shape index (κ1) is 29.6. The normalized spacial score (nSPS) is 23.0. The van der Waals surface area contributed by atoms with Crippen LogP contribution in [0.25, 0.3) is 16.9 Å². The summed E-state index contributed by atoms with van der Waals surface area (Å²) in [6, 6.07) is 8.80. The van der Waals surface area contributed by atoms with Crippen LogP contribution in [0.15, 0.2) is 30.3 Å². The minimum Gasteiger partial charge on any atom is -0.378 e. The van der Waals surface area contributed by atoms with Gasteiger partial charge < -0.3 is 20.3 Å². The maximum absolute atomic E-state index is 14.1. The Morgan fingerprint density at radius 2 is 1.63 bits per heavy atom. The van der Waals surface area contributed by atoms with E-state index in [1.807, 2.05) is 4.90 Å². The van der Waals surface area contributed by atoms with Crippen LogP contribution >= 0.6 is 0 Å². The molecule has 2 saturated heterocycles. The van der Waals surface area contributed by atoms with E-state index in [0.29, 0.717) is 68.0 Å². The van der Waals surface area contributed by atoms with Crippen molar-refractivity contribution in [2.24, 2.45) is 0 Å². The topological polar surface area (TPSA) is 135 Å². The van der Waals surface area contributed by atoms with Gasteiger partial charge in [-0.2, -0.15) is 9.97 Å². The minimum absolute atomic E-state index is 0.0288. The molecule has 2 N–H and O–H groups in total. The number of morpholine rings is 1. The highest BCUT2D eigenvalue weighted by Gasteiger charge is 2.28. The van der Waals surface area contributed by atoms with Crippen molar-refractivity contribution < 1.29 is 26.7 Å². The summed E-state index contributed by atoms with van der Waals surface area (Å²) in [5.74, 6) is 1.01. The lowest BCUT2D eigenvalue weighted by Gasteiger charge is -2.32.